The number of benzene rings is 2. The molecule has 1 unspecified atom stereocenters. The van der Waals surface area contributed by atoms with Gasteiger partial charge in [-0.3, -0.25) is 14.2 Å². The summed E-state index contributed by atoms with van der Waals surface area (Å²) in [5.74, 6) is -1.14. The molecule has 0 saturated carbocycles. The van der Waals surface area contributed by atoms with Gasteiger partial charge >= 0.3 is 5.69 Å². The van der Waals surface area contributed by atoms with Crippen molar-refractivity contribution in [3.63, 3.8) is 0 Å². The third-order valence-corrected chi connectivity index (χ3v) is 4.24. The molecule has 2 amide bonds. The molecule has 0 bridgehead atoms. The second-order valence-electron chi connectivity index (χ2n) is 5.99. The van der Waals surface area contributed by atoms with Gasteiger partial charge in [0.25, 0.3) is 5.91 Å². The monoisotopic (exact) mass is 350 g/mol. The maximum Gasteiger partial charge on any atom is 0.330 e. The van der Waals surface area contributed by atoms with E-state index in [2.05, 4.69) is 10.3 Å². The van der Waals surface area contributed by atoms with Crippen LogP contribution in [-0.4, -0.2) is 21.4 Å². The van der Waals surface area contributed by atoms with Crippen molar-refractivity contribution < 1.29 is 9.59 Å². The first-order chi connectivity index (χ1) is 12.4. The van der Waals surface area contributed by atoms with E-state index in [0.29, 0.717) is 16.8 Å². The summed E-state index contributed by atoms with van der Waals surface area (Å²) < 4.78 is 1.38. The van der Waals surface area contributed by atoms with Crippen LogP contribution in [0.4, 0.5) is 0 Å². The summed E-state index contributed by atoms with van der Waals surface area (Å²) in [6.45, 7) is 1.56. The van der Waals surface area contributed by atoms with Gasteiger partial charge < -0.3 is 16.0 Å². The van der Waals surface area contributed by atoms with Crippen molar-refractivity contribution in [3.05, 3.63) is 88.6 Å². The molecule has 7 nitrogen and oxygen atoms in total. The smallest absolute Gasteiger partial charge is 0.330 e. The second kappa shape index (κ2) is 6.72. The van der Waals surface area contributed by atoms with Crippen LogP contribution in [0, 0.1) is 0 Å². The number of H-pyrrole nitrogens is 1. The van der Waals surface area contributed by atoms with Gasteiger partial charge in [0, 0.05) is 18.0 Å². The minimum absolute atomic E-state index is 0.305. The molecule has 4 N–H and O–H groups in total. The lowest BCUT2D eigenvalue weighted by atomic mass is 9.91. The third-order valence-electron chi connectivity index (χ3n) is 4.24. The number of imidazole rings is 1. The highest BCUT2D eigenvalue weighted by atomic mass is 16.2. The number of amides is 2. The van der Waals surface area contributed by atoms with Crippen LogP contribution in [0.1, 0.15) is 22.8 Å². The van der Waals surface area contributed by atoms with Gasteiger partial charge in [0.05, 0.1) is 5.69 Å². The predicted octanol–water partition coefficient (Wildman–Crippen LogP) is 1.30. The van der Waals surface area contributed by atoms with E-state index in [1.54, 1.807) is 61.7 Å². The minimum Gasteiger partial charge on any atom is -0.367 e. The van der Waals surface area contributed by atoms with E-state index in [0.717, 1.165) is 0 Å². The molecular formula is C19H18N4O3. The Kier molecular flexibility index (Phi) is 4.45. The molecule has 0 aliphatic rings. The molecule has 1 atom stereocenters. The van der Waals surface area contributed by atoms with Crippen molar-refractivity contribution >= 4 is 11.8 Å². The largest absolute Gasteiger partial charge is 0.367 e. The van der Waals surface area contributed by atoms with Crippen LogP contribution >= 0.6 is 0 Å². The molecule has 3 aromatic rings. The van der Waals surface area contributed by atoms with E-state index in [1.165, 1.54) is 10.8 Å². The Balaban J connectivity index is 1.93. The molecule has 0 radical (unpaired) electrons. The number of carbonyl (C=O) groups is 2. The molecule has 0 aliphatic carbocycles. The van der Waals surface area contributed by atoms with Crippen molar-refractivity contribution in [2.75, 3.05) is 0 Å². The fourth-order valence-corrected chi connectivity index (χ4v) is 2.67. The van der Waals surface area contributed by atoms with Gasteiger partial charge in [0.2, 0.25) is 5.91 Å². The van der Waals surface area contributed by atoms with Crippen LogP contribution in [0.3, 0.4) is 0 Å². The maximum absolute atomic E-state index is 12.7. The molecule has 0 fully saturated rings. The maximum atomic E-state index is 12.7. The Labute approximate surface area is 149 Å². The average molecular weight is 350 g/mol. The van der Waals surface area contributed by atoms with Gasteiger partial charge in [-0.1, -0.05) is 36.4 Å². The summed E-state index contributed by atoms with van der Waals surface area (Å²) in [6, 6.07) is 15.3. The van der Waals surface area contributed by atoms with E-state index in [-0.39, 0.29) is 5.69 Å². The summed E-state index contributed by atoms with van der Waals surface area (Å²) in [7, 11) is 0. The topological polar surface area (TPSA) is 110 Å². The van der Waals surface area contributed by atoms with Crippen LogP contribution in [0.2, 0.25) is 0 Å². The number of rotatable bonds is 5. The summed E-state index contributed by atoms with van der Waals surface area (Å²) in [5, 5.41) is 2.70. The van der Waals surface area contributed by atoms with Gasteiger partial charge in [-0.25, -0.2) is 4.79 Å². The SMILES string of the molecule is CC(NC(=O)c1cccc(-n2cc[nH]c2=O)c1)(C(N)=O)c1ccccc1. The van der Waals surface area contributed by atoms with E-state index in [4.69, 9.17) is 5.73 Å². The molecule has 0 aliphatic heterocycles. The van der Waals surface area contributed by atoms with Crippen molar-refractivity contribution in [3.8, 4) is 5.69 Å². The predicted molar refractivity (Wildman–Crippen MR) is 96.8 cm³/mol. The number of nitrogens with two attached hydrogens (primary N) is 1. The van der Waals surface area contributed by atoms with E-state index in [1.807, 2.05) is 6.07 Å². The van der Waals surface area contributed by atoms with Crippen LogP contribution in [-0.2, 0) is 10.3 Å². The number of primary amides is 1. The Morgan fingerprint density at radius 3 is 2.46 bits per heavy atom. The molecule has 2 aromatic carbocycles. The highest BCUT2D eigenvalue weighted by Gasteiger charge is 2.35. The summed E-state index contributed by atoms with van der Waals surface area (Å²) in [5.41, 5.74) is 5.30. The first-order valence-electron chi connectivity index (χ1n) is 7.96. The lowest BCUT2D eigenvalue weighted by Gasteiger charge is -2.28. The van der Waals surface area contributed by atoms with Crippen molar-refractivity contribution in [1.29, 1.82) is 0 Å². The number of nitrogens with zero attached hydrogens (tertiary/aromatic N) is 1. The Bertz CT molecular complexity index is 1010. The molecule has 3 rings (SSSR count). The van der Waals surface area contributed by atoms with Gasteiger partial charge in [0.1, 0.15) is 5.54 Å². The highest BCUT2D eigenvalue weighted by molar-refractivity contribution is 5.99. The van der Waals surface area contributed by atoms with E-state index < -0.39 is 17.4 Å². The van der Waals surface area contributed by atoms with Gasteiger partial charge in [-0.2, -0.15) is 0 Å². The first-order valence-corrected chi connectivity index (χ1v) is 7.96. The van der Waals surface area contributed by atoms with Crippen LogP contribution < -0.4 is 16.7 Å². The highest BCUT2D eigenvalue weighted by Crippen LogP contribution is 2.21. The molecule has 26 heavy (non-hydrogen) atoms. The quantitative estimate of drug-likeness (QED) is 0.645. The number of nitrogens with one attached hydrogen (secondary N) is 2. The summed E-state index contributed by atoms with van der Waals surface area (Å²) >= 11 is 0. The fraction of sp³-hybridized carbons (Fsp3) is 0.105. The molecule has 7 heteroatoms. The molecule has 0 saturated heterocycles. The number of aromatic nitrogens is 2. The Morgan fingerprint density at radius 1 is 1.12 bits per heavy atom. The van der Waals surface area contributed by atoms with Gasteiger partial charge in [-0.15, -0.1) is 0 Å². The normalized spacial score (nSPS) is 13.0. The second-order valence-corrected chi connectivity index (χ2v) is 5.99. The number of hydrogen-bond donors (Lipinski definition) is 3. The lowest BCUT2D eigenvalue weighted by molar-refractivity contribution is -0.123. The number of hydrogen-bond acceptors (Lipinski definition) is 3. The molecule has 0 spiro atoms. The number of aromatic amines is 1. The Hall–Kier alpha value is -3.61. The molecule has 1 heterocycles. The zero-order chi connectivity index (χ0) is 18.7. The van der Waals surface area contributed by atoms with Gasteiger partial charge in [-0.05, 0) is 30.7 Å². The lowest BCUT2D eigenvalue weighted by Crippen LogP contribution is -2.52. The van der Waals surface area contributed by atoms with Crippen LogP contribution in [0.15, 0.2) is 71.8 Å². The average Bonchev–Trinajstić information content (AvgIpc) is 3.08. The molecular weight excluding hydrogens is 332 g/mol. The summed E-state index contributed by atoms with van der Waals surface area (Å²) in [6.07, 6.45) is 3.07. The standard InChI is InChI=1S/C19H18N4O3/c1-19(17(20)25,14-7-3-2-4-8-14)22-16(24)13-6-5-9-15(12-13)23-11-10-21-18(23)26/h2-12H,1H3,(H2,20,25)(H,21,26)(H,22,24). The van der Waals surface area contributed by atoms with Crippen LogP contribution in [0.25, 0.3) is 5.69 Å². The van der Waals surface area contributed by atoms with Crippen molar-refractivity contribution in [2.24, 2.45) is 5.73 Å². The third kappa shape index (κ3) is 3.14. The Morgan fingerprint density at radius 2 is 1.85 bits per heavy atom. The zero-order valence-electron chi connectivity index (χ0n) is 14.1. The van der Waals surface area contributed by atoms with E-state index >= 15 is 0 Å². The van der Waals surface area contributed by atoms with Crippen molar-refractivity contribution in [1.82, 2.24) is 14.9 Å². The fourth-order valence-electron chi connectivity index (χ4n) is 2.67. The van der Waals surface area contributed by atoms with Gasteiger partial charge in [0.15, 0.2) is 0 Å². The summed E-state index contributed by atoms with van der Waals surface area (Å²) in [4.78, 5) is 39.1. The molecule has 1 aromatic heterocycles. The minimum atomic E-state index is -1.36. The number of carbonyl (C=O) groups excluding carboxylic acids is 2. The van der Waals surface area contributed by atoms with Crippen molar-refractivity contribution in [2.45, 2.75) is 12.5 Å². The first kappa shape index (κ1) is 17.2. The molecule has 132 valence electrons. The van der Waals surface area contributed by atoms with Crippen LogP contribution in [0.5, 0.6) is 0 Å². The zero-order valence-corrected chi connectivity index (χ0v) is 14.1. The van der Waals surface area contributed by atoms with E-state index in [9.17, 15) is 14.4 Å².